The SMILES string of the molecule is Nc1c(-c2ccccc2Cl)nc(C2CC2)n1C1CC1. The number of halogens is 1. The first kappa shape index (κ1) is 11.4. The van der Waals surface area contributed by atoms with E-state index in [4.69, 9.17) is 22.3 Å². The number of benzene rings is 1. The van der Waals surface area contributed by atoms with E-state index in [1.807, 2.05) is 24.3 Å². The van der Waals surface area contributed by atoms with Crippen LogP contribution in [0.15, 0.2) is 24.3 Å². The number of anilines is 1. The fourth-order valence-electron chi connectivity index (χ4n) is 2.66. The van der Waals surface area contributed by atoms with E-state index < -0.39 is 0 Å². The van der Waals surface area contributed by atoms with Crippen LogP contribution >= 0.6 is 11.6 Å². The van der Waals surface area contributed by atoms with Crippen molar-refractivity contribution in [3.05, 3.63) is 35.1 Å². The molecule has 1 aromatic carbocycles. The van der Waals surface area contributed by atoms with Crippen LogP contribution in [-0.4, -0.2) is 9.55 Å². The smallest absolute Gasteiger partial charge is 0.132 e. The Hall–Kier alpha value is -1.48. The van der Waals surface area contributed by atoms with Crippen LogP contribution in [0.5, 0.6) is 0 Å². The third kappa shape index (κ3) is 1.84. The van der Waals surface area contributed by atoms with Crippen LogP contribution in [0.3, 0.4) is 0 Å². The zero-order valence-corrected chi connectivity index (χ0v) is 11.4. The van der Waals surface area contributed by atoms with E-state index in [0.29, 0.717) is 12.0 Å². The van der Waals surface area contributed by atoms with E-state index in [9.17, 15) is 0 Å². The highest BCUT2D eigenvalue weighted by Gasteiger charge is 2.36. The lowest BCUT2D eigenvalue weighted by Gasteiger charge is -2.07. The highest BCUT2D eigenvalue weighted by Crippen LogP contribution is 2.48. The second-order valence-corrected chi connectivity index (χ2v) is 5.97. The molecule has 3 nitrogen and oxygen atoms in total. The molecule has 4 rings (SSSR count). The fraction of sp³-hybridized carbons (Fsp3) is 0.400. The summed E-state index contributed by atoms with van der Waals surface area (Å²) < 4.78 is 2.26. The summed E-state index contributed by atoms with van der Waals surface area (Å²) in [6.07, 6.45) is 4.93. The molecule has 2 aliphatic carbocycles. The van der Waals surface area contributed by atoms with Gasteiger partial charge in [-0.05, 0) is 31.7 Å². The van der Waals surface area contributed by atoms with E-state index in [0.717, 1.165) is 22.1 Å². The van der Waals surface area contributed by atoms with Gasteiger partial charge < -0.3 is 10.3 Å². The molecule has 2 fully saturated rings. The van der Waals surface area contributed by atoms with Gasteiger partial charge in [0.1, 0.15) is 17.3 Å². The molecule has 1 aromatic heterocycles. The summed E-state index contributed by atoms with van der Waals surface area (Å²) in [5, 5.41) is 0.719. The predicted molar refractivity (Wildman–Crippen MR) is 77.3 cm³/mol. The average Bonchev–Trinajstić information content (AvgIpc) is 3.29. The summed E-state index contributed by atoms with van der Waals surface area (Å²) in [7, 11) is 0. The van der Waals surface area contributed by atoms with Gasteiger partial charge in [0.15, 0.2) is 0 Å². The van der Waals surface area contributed by atoms with Crippen LogP contribution in [0.4, 0.5) is 5.82 Å². The first-order valence-electron chi connectivity index (χ1n) is 6.88. The second kappa shape index (κ2) is 4.01. The van der Waals surface area contributed by atoms with Crippen molar-refractivity contribution in [3.63, 3.8) is 0 Å². The quantitative estimate of drug-likeness (QED) is 0.919. The number of nitrogens with two attached hydrogens (primary N) is 1. The van der Waals surface area contributed by atoms with E-state index in [1.165, 1.54) is 31.5 Å². The highest BCUT2D eigenvalue weighted by atomic mass is 35.5. The van der Waals surface area contributed by atoms with Crippen LogP contribution in [0.2, 0.25) is 5.02 Å². The summed E-state index contributed by atoms with van der Waals surface area (Å²) in [6, 6.07) is 8.37. The number of aromatic nitrogens is 2. The van der Waals surface area contributed by atoms with Gasteiger partial charge in [-0.1, -0.05) is 29.8 Å². The summed E-state index contributed by atoms with van der Waals surface area (Å²) in [4.78, 5) is 4.82. The Morgan fingerprint density at radius 1 is 1.16 bits per heavy atom. The lowest BCUT2D eigenvalue weighted by molar-refractivity contribution is 0.691. The minimum absolute atomic E-state index is 0.569. The molecule has 2 saturated carbocycles. The van der Waals surface area contributed by atoms with Gasteiger partial charge in [-0.3, -0.25) is 0 Å². The Labute approximate surface area is 117 Å². The van der Waals surface area contributed by atoms with Gasteiger partial charge in [0.2, 0.25) is 0 Å². The van der Waals surface area contributed by atoms with Crippen molar-refractivity contribution in [2.24, 2.45) is 0 Å². The van der Waals surface area contributed by atoms with Crippen molar-refractivity contribution in [3.8, 4) is 11.3 Å². The molecule has 1 heterocycles. The number of nitrogen functional groups attached to an aromatic ring is 1. The summed E-state index contributed by atoms with van der Waals surface area (Å²) in [5.74, 6) is 2.58. The Bertz CT molecular complexity index is 639. The molecule has 98 valence electrons. The molecule has 0 aliphatic heterocycles. The molecule has 2 aromatic rings. The van der Waals surface area contributed by atoms with E-state index in [1.54, 1.807) is 0 Å². The van der Waals surface area contributed by atoms with E-state index in [-0.39, 0.29) is 0 Å². The first-order valence-corrected chi connectivity index (χ1v) is 7.26. The standard InChI is InChI=1S/C15H16ClN3/c16-12-4-2-1-3-11(12)13-14(17)19(10-7-8-10)15(18-13)9-5-6-9/h1-4,9-10H,5-8,17H2. The molecule has 0 unspecified atom stereocenters. The van der Waals surface area contributed by atoms with Crippen LogP contribution in [0.1, 0.15) is 43.5 Å². The topological polar surface area (TPSA) is 43.8 Å². The molecular weight excluding hydrogens is 258 g/mol. The Morgan fingerprint density at radius 3 is 2.53 bits per heavy atom. The summed E-state index contributed by atoms with van der Waals surface area (Å²) >= 11 is 6.28. The Morgan fingerprint density at radius 2 is 1.89 bits per heavy atom. The third-order valence-corrected chi connectivity index (χ3v) is 4.29. The van der Waals surface area contributed by atoms with Gasteiger partial charge in [-0.2, -0.15) is 0 Å². The zero-order valence-electron chi connectivity index (χ0n) is 10.6. The molecule has 0 spiro atoms. The normalized spacial score (nSPS) is 18.8. The van der Waals surface area contributed by atoms with Crippen molar-refractivity contribution >= 4 is 17.4 Å². The van der Waals surface area contributed by atoms with Crippen molar-refractivity contribution in [2.45, 2.75) is 37.6 Å². The van der Waals surface area contributed by atoms with E-state index in [2.05, 4.69) is 4.57 Å². The molecule has 0 bridgehead atoms. The van der Waals surface area contributed by atoms with Crippen LogP contribution in [-0.2, 0) is 0 Å². The maximum absolute atomic E-state index is 6.35. The molecule has 0 saturated heterocycles. The molecule has 4 heteroatoms. The van der Waals surface area contributed by atoms with Crippen molar-refractivity contribution in [1.82, 2.24) is 9.55 Å². The second-order valence-electron chi connectivity index (χ2n) is 5.56. The van der Waals surface area contributed by atoms with Crippen molar-refractivity contribution in [2.75, 3.05) is 5.73 Å². The first-order chi connectivity index (χ1) is 9.25. The molecule has 19 heavy (non-hydrogen) atoms. The van der Waals surface area contributed by atoms with Gasteiger partial charge in [-0.15, -0.1) is 0 Å². The van der Waals surface area contributed by atoms with Crippen LogP contribution in [0.25, 0.3) is 11.3 Å². The number of hydrogen-bond acceptors (Lipinski definition) is 2. The monoisotopic (exact) mass is 273 g/mol. The number of rotatable bonds is 3. The minimum Gasteiger partial charge on any atom is -0.383 e. The molecule has 2 aliphatic rings. The van der Waals surface area contributed by atoms with Crippen LogP contribution < -0.4 is 5.73 Å². The zero-order chi connectivity index (χ0) is 13.0. The molecule has 2 N–H and O–H groups in total. The number of hydrogen-bond donors (Lipinski definition) is 1. The predicted octanol–water partition coefficient (Wildman–Crippen LogP) is 4.00. The summed E-state index contributed by atoms with van der Waals surface area (Å²) in [5.41, 5.74) is 8.16. The maximum Gasteiger partial charge on any atom is 0.132 e. The van der Waals surface area contributed by atoms with Crippen LogP contribution in [0, 0.1) is 0 Å². The minimum atomic E-state index is 0.569. The number of nitrogens with zero attached hydrogens (tertiary/aromatic N) is 2. The van der Waals surface area contributed by atoms with Gasteiger partial charge >= 0.3 is 0 Å². The van der Waals surface area contributed by atoms with Gasteiger partial charge in [0.25, 0.3) is 0 Å². The van der Waals surface area contributed by atoms with Crippen molar-refractivity contribution < 1.29 is 0 Å². The number of imidazole rings is 1. The Kier molecular flexibility index (Phi) is 2.39. The van der Waals surface area contributed by atoms with Gasteiger partial charge in [0.05, 0.1) is 5.02 Å². The largest absolute Gasteiger partial charge is 0.383 e. The van der Waals surface area contributed by atoms with Gasteiger partial charge in [0, 0.05) is 17.5 Å². The molecule has 0 atom stereocenters. The van der Waals surface area contributed by atoms with Gasteiger partial charge in [-0.25, -0.2) is 4.98 Å². The molecule has 0 amide bonds. The Balaban J connectivity index is 1.89. The maximum atomic E-state index is 6.35. The highest BCUT2D eigenvalue weighted by molar-refractivity contribution is 6.33. The average molecular weight is 274 g/mol. The fourth-order valence-corrected chi connectivity index (χ4v) is 2.89. The lowest BCUT2D eigenvalue weighted by atomic mass is 10.1. The lowest BCUT2D eigenvalue weighted by Crippen LogP contribution is -2.04. The van der Waals surface area contributed by atoms with Crippen molar-refractivity contribution in [1.29, 1.82) is 0 Å². The molecule has 0 radical (unpaired) electrons. The summed E-state index contributed by atoms with van der Waals surface area (Å²) in [6.45, 7) is 0. The third-order valence-electron chi connectivity index (χ3n) is 3.96. The molecular formula is C15H16ClN3. The van der Waals surface area contributed by atoms with E-state index >= 15 is 0 Å².